The summed E-state index contributed by atoms with van der Waals surface area (Å²) in [6.45, 7) is 3.42. The summed E-state index contributed by atoms with van der Waals surface area (Å²) in [7, 11) is 0.370. The maximum absolute atomic E-state index is 13.4. The first kappa shape index (κ1) is 26.7. The fourth-order valence-electron chi connectivity index (χ4n) is 5.55. The van der Waals surface area contributed by atoms with Crippen LogP contribution in [0.15, 0.2) is 71.6 Å². The van der Waals surface area contributed by atoms with Gasteiger partial charge in [0.25, 0.3) is 0 Å². The molecule has 2 aliphatic rings. The van der Waals surface area contributed by atoms with E-state index in [4.69, 9.17) is 0 Å². The molecule has 3 aromatic rings. The molecule has 1 saturated heterocycles. The Morgan fingerprint density at radius 1 is 0.868 bits per heavy atom. The highest BCUT2D eigenvalue weighted by molar-refractivity contribution is 7.89. The van der Waals surface area contributed by atoms with Gasteiger partial charge >= 0.3 is 0 Å². The topological polar surface area (TPSA) is 55.9 Å². The van der Waals surface area contributed by atoms with Crippen LogP contribution in [0.25, 0.3) is 0 Å². The fourth-order valence-corrected chi connectivity index (χ4v) is 6.63. The van der Waals surface area contributed by atoms with Gasteiger partial charge in [-0.1, -0.05) is 18.2 Å². The van der Waals surface area contributed by atoms with Crippen molar-refractivity contribution in [1.82, 2.24) is 9.62 Å². The van der Waals surface area contributed by atoms with Gasteiger partial charge in [-0.25, -0.2) is 17.5 Å². The van der Waals surface area contributed by atoms with Crippen molar-refractivity contribution in [3.8, 4) is 0 Å². The lowest BCUT2D eigenvalue weighted by molar-refractivity contribution is 0.187. The molecule has 0 aromatic heterocycles. The normalized spacial score (nSPS) is 17.2. The molecular weight excluding hydrogens is 499 g/mol. The zero-order valence-corrected chi connectivity index (χ0v) is 23.1. The number of nitrogens with zero attached hydrogens (tertiary/aromatic N) is 3. The Balaban J connectivity index is 1.33. The van der Waals surface area contributed by atoms with Crippen molar-refractivity contribution >= 4 is 21.4 Å². The van der Waals surface area contributed by atoms with Gasteiger partial charge in [0.1, 0.15) is 5.82 Å². The van der Waals surface area contributed by atoms with E-state index in [0.717, 1.165) is 67.9 Å². The molecule has 1 aliphatic carbocycles. The van der Waals surface area contributed by atoms with Gasteiger partial charge in [-0.15, -0.1) is 0 Å². The molecule has 38 heavy (non-hydrogen) atoms. The highest BCUT2D eigenvalue weighted by Gasteiger charge is 2.27. The third-order valence-corrected chi connectivity index (χ3v) is 9.26. The first-order valence-electron chi connectivity index (χ1n) is 13.4. The molecule has 5 rings (SSSR count). The van der Waals surface area contributed by atoms with Gasteiger partial charge in [0, 0.05) is 64.2 Å². The number of piperazine rings is 1. The van der Waals surface area contributed by atoms with E-state index in [9.17, 15) is 12.8 Å². The molecule has 6 nitrogen and oxygen atoms in total. The zero-order chi connectivity index (χ0) is 26.7. The summed E-state index contributed by atoms with van der Waals surface area (Å²) in [5, 5.41) is 0. The monoisotopic (exact) mass is 536 g/mol. The number of sulfonamides is 1. The number of anilines is 2. The molecule has 1 unspecified atom stereocenters. The van der Waals surface area contributed by atoms with Crippen LogP contribution in [0.3, 0.4) is 0 Å². The Labute approximate surface area is 226 Å². The molecule has 1 N–H and O–H groups in total. The molecular formula is C30H37FN4O2S. The molecule has 1 heterocycles. The van der Waals surface area contributed by atoms with Gasteiger partial charge in [0.2, 0.25) is 10.0 Å². The maximum atomic E-state index is 13.4. The molecule has 1 atom stereocenters. The number of fused-ring (bicyclic) bond motifs is 1. The summed E-state index contributed by atoms with van der Waals surface area (Å²) < 4.78 is 43.1. The molecule has 0 spiro atoms. The SMILES string of the molecule is CN(C)c1ccc(C(CNS(=O)(=O)c2ccc3c(c2)CCCC3)N2CCN(c3ccc(F)cc3)CC2)cc1. The number of nitrogens with one attached hydrogen (secondary N) is 1. The number of halogens is 1. The van der Waals surface area contributed by atoms with Crippen LogP contribution in [0.2, 0.25) is 0 Å². The second-order valence-electron chi connectivity index (χ2n) is 10.5. The third kappa shape index (κ3) is 6.03. The summed E-state index contributed by atoms with van der Waals surface area (Å²) in [6.07, 6.45) is 4.24. The maximum Gasteiger partial charge on any atom is 0.240 e. The average molecular weight is 537 g/mol. The predicted molar refractivity (Wildman–Crippen MR) is 152 cm³/mol. The van der Waals surface area contributed by atoms with E-state index in [1.807, 2.05) is 38.4 Å². The minimum atomic E-state index is -3.65. The Morgan fingerprint density at radius 3 is 2.18 bits per heavy atom. The van der Waals surface area contributed by atoms with Gasteiger partial charge in [-0.2, -0.15) is 0 Å². The van der Waals surface area contributed by atoms with Gasteiger partial charge < -0.3 is 9.80 Å². The molecule has 0 bridgehead atoms. The number of rotatable bonds is 8. The number of benzene rings is 3. The second-order valence-corrected chi connectivity index (χ2v) is 12.3. The van der Waals surface area contributed by atoms with Gasteiger partial charge in [0.15, 0.2) is 0 Å². The number of aryl methyl sites for hydroxylation is 2. The van der Waals surface area contributed by atoms with E-state index in [-0.39, 0.29) is 18.4 Å². The Morgan fingerprint density at radius 2 is 1.53 bits per heavy atom. The van der Waals surface area contributed by atoms with Crippen molar-refractivity contribution < 1.29 is 12.8 Å². The van der Waals surface area contributed by atoms with Crippen molar-refractivity contribution in [2.45, 2.75) is 36.6 Å². The van der Waals surface area contributed by atoms with E-state index < -0.39 is 10.0 Å². The first-order chi connectivity index (χ1) is 18.3. The highest BCUT2D eigenvalue weighted by atomic mass is 32.2. The van der Waals surface area contributed by atoms with Gasteiger partial charge in [0.05, 0.1) is 4.90 Å². The van der Waals surface area contributed by atoms with E-state index >= 15 is 0 Å². The van der Waals surface area contributed by atoms with Crippen LogP contribution in [0.5, 0.6) is 0 Å². The van der Waals surface area contributed by atoms with Crippen LogP contribution >= 0.6 is 0 Å². The Bertz CT molecular complexity index is 1340. The Hall–Kier alpha value is -2.94. The third-order valence-electron chi connectivity index (χ3n) is 7.84. The van der Waals surface area contributed by atoms with Crippen molar-refractivity contribution in [2.75, 3.05) is 56.6 Å². The molecule has 202 valence electrons. The lowest BCUT2D eigenvalue weighted by Gasteiger charge is -2.40. The number of hydrogen-bond acceptors (Lipinski definition) is 5. The van der Waals surface area contributed by atoms with Crippen LogP contribution in [0, 0.1) is 5.82 Å². The Kier molecular flexibility index (Phi) is 8.02. The van der Waals surface area contributed by atoms with E-state index in [1.54, 1.807) is 6.07 Å². The molecule has 1 aliphatic heterocycles. The fraction of sp³-hybridized carbons (Fsp3) is 0.400. The summed E-state index contributed by atoms with van der Waals surface area (Å²) in [4.78, 5) is 7.00. The molecule has 0 amide bonds. The highest BCUT2D eigenvalue weighted by Crippen LogP contribution is 2.28. The summed E-state index contributed by atoms with van der Waals surface area (Å²) >= 11 is 0. The van der Waals surface area contributed by atoms with Crippen LogP contribution < -0.4 is 14.5 Å². The van der Waals surface area contributed by atoms with Crippen molar-refractivity contribution in [1.29, 1.82) is 0 Å². The van der Waals surface area contributed by atoms with Crippen molar-refractivity contribution in [3.63, 3.8) is 0 Å². The minimum Gasteiger partial charge on any atom is -0.378 e. The largest absolute Gasteiger partial charge is 0.378 e. The molecule has 0 saturated carbocycles. The van der Waals surface area contributed by atoms with Crippen LogP contribution in [0.1, 0.15) is 35.6 Å². The van der Waals surface area contributed by atoms with Crippen molar-refractivity contribution in [2.24, 2.45) is 0 Å². The number of hydrogen-bond donors (Lipinski definition) is 1. The quantitative estimate of drug-likeness (QED) is 0.456. The lowest BCUT2D eigenvalue weighted by atomic mass is 9.92. The molecule has 3 aromatic carbocycles. The van der Waals surface area contributed by atoms with E-state index in [0.29, 0.717) is 4.90 Å². The standard InChI is InChI=1S/C30H37FN4O2S/c1-33(2)27-12-7-24(8-13-27)30(35-19-17-34(18-20-35)28-14-10-26(31)11-15-28)22-32-38(36,37)29-16-9-23-5-3-4-6-25(23)21-29/h7-16,21,30,32H,3-6,17-20,22H2,1-2H3. The van der Waals surface area contributed by atoms with Crippen LogP contribution in [0.4, 0.5) is 15.8 Å². The predicted octanol–water partition coefficient (Wildman–Crippen LogP) is 4.61. The van der Waals surface area contributed by atoms with Crippen LogP contribution in [-0.4, -0.2) is 60.1 Å². The first-order valence-corrected chi connectivity index (χ1v) is 14.9. The summed E-state index contributed by atoms with van der Waals surface area (Å²) in [5.41, 5.74) is 5.62. The summed E-state index contributed by atoms with van der Waals surface area (Å²) in [6, 6.07) is 20.4. The minimum absolute atomic E-state index is 0.103. The zero-order valence-electron chi connectivity index (χ0n) is 22.2. The second kappa shape index (κ2) is 11.4. The molecule has 0 radical (unpaired) electrons. The van der Waals surface area contributed by atoms with E-state index in [1.165, 1.54) is 24.1 Å². The lowest BCUT2D eigenvalue weighted by Crippen LogP contribution is -2.49. The van der Waals surface area contributed by atoms with Gasteiger partial charge in [-0.05, 0) is 90.9 Å². The molecule has 8 heteroatoms. The smallest absolute Gasteiger partial charge is 0.240 e. The molecule has 1 fully saturated rings. The average Bonchev–Trinajstić information content (AvgIpc) is 2.94. The van der Waals surface area contributed by atoms with E-state index in [2.05, 4.69) is 43.7 Å². The summed E-state index contributed by atoms with van der Waals surface area (Å²) in [5.74, 6) is -0.236. The van der Waals surface area contributed by atoms with Crippen molar-refractivity contribution in [3.05, 3.63) is 89.2 Å². The van der Waals surface area contributed by atoms with Crippen LogP contribution in [-0.2, 0) is 22.9 Å². The van der Waals surface area contributed by atoms with Gasteiger partial charge in [-0.3, -0.25) is 4.90 Å².